The number of benzene rings is 1. The highest BCUT2D eigenvalue weighted by atomic mass is 32.1. The van der Waals surface area contributed by atoms with Gasteiger partial charge in [-0.1, -0.05) is 0 Å². The smallest absolute Gasteiger partial charge is 0.368 e. The van der Waals surface area contributed by atoms with Gasteiger partial charge in [0.05, 0.1) is 16.8 Å². The molecule has 1 aliphatic carbocycles. The standard InChI is InChI=1S/C27H31FN4O5S/c28-20-11-18-19(26(36)32(25(18)35)21-1-2-23(33)29-24(21)34)12-22(20)31-14-27(15-31)7-3-16(4-8-27)13-30-9-5-17(38-37)6-10-30/h11-12,16-17,21H,1-10,13-15H2/p+1. The van der Waals surface area contributed by atoms with E-state index >= 15 is 4.39 Å². The first-order chi connectivity index (χ1) is 18.3. The first kappa shape index (κ1) is 25.5. The molecule has 11 heteroatoms. The van der Waals surface area contributed by atoms with Crippen LogP contribution in [0.3, 0.4) is 0 Å². The number of amides is 4. The summed E-state index contributed by atoms with van der Waals surface area (Å²) in [5.74, 6) is -2.31. The van der Waals surface area contributed by atoms with Crippen LogP contribution in [0.25, 0.3) is 0 Å². The topological polar surface area (TPSA) is 107 Å². The Hall–Kier alpha value is -2.79. The summed E-state index contributed by atoms with van der Waals surface area (Å²) in [4.78, 5) is 55.2. The molecule has 0 aromatic heterocycles. The van der Waals surface area contributed by atoms with Gasteiger partial charge in [-0.25, -0.2) is 4.39 Å². The van der Waals surface area contributed by atoms with E-state index in [1.807, 2.05) is 4.90 Å². The molecule has 6 rings (SSSR count). The highest BCUT2D eigenvalue weighted by Gasteiger charge is 2.48. The Morgan fingerprint density at radius 3 is 2.24 bits per heavy atom. The summed E-state index contributed by atoms with van der Waals surface area (Å²) >= 11 is 0.744. The number of rotatable bonds is 5. The Kier molecular flexibility index (Phi) is 6.54. The molecule has 1 N–H and O–H groups in total. The fourth-order valence-electron chi connectivity index (χ4n) is 7.00. The highest BCUT2D eigenvalue weighted by molar-refractivity contribution is 7.66. The summed E-state index contributed by atoms with van der Waals surface area (Å²) in [6.45, 7) is 4.56. The molecule has 1 saturated carbocycles. The lowest BCUT2D eigenvalue weighted by Crippen LogP contribution is -2.58. The van der Waals surface area contributed by atoms with Crippen LogP contribution in [0.4, 0.5) is 10.1 Å². The predicted octanol–water partition coefficient (Wildman–Crippen LogP) is 2.12. The van der Waals surface area contributed by atoms with Crippen molar-refractivity contribution in [1.29, 1.82) is 0 Å². The molecule has 4 fully saturated rings. The zero-order valence-corrected chi connectivity index (χ0v) is 22.1. The van der Waals surface area contributed by atoms with Crippen LogP contribution < -0.4 is 10.2 Å². The Morgan fingerprint density at radius 2 is 1.61 bits per heavy atom. The molecule has 9 nitrogen and oxygen atoms in total. The van der Waals surface area contributed by atoms with E-state index in [1.165, 1.54) is 6.07 Å². The number of halogens is 1. The number of imide groups is 2. The van der Waals surface area contributed by atoms with E-state index < -0.39 is 35.5 Å². The zero-order chi connectivity index (χ0) is 26.6. The fraction of sp³-hybridized carbons (Fsp3) is 0.630. The molecule has 1 aromatic carbocycles. The van der Waals surface area contributed by atoms with E-state index in [0.29, 0.717) is 11.6 Å². The third-order valence-corrected chi connectivity index (χ3v) is 10.00. The number of carbonyl (C=O) groups excluding carboxylic acids is 4. The largest absolute Gasteiger partial charge is 0.462 e. The molecule has 0 bridgehead atoms. The number of fused-ring (bicyclic) bond motifs is 1. The van der Waals surface area contributed by atoms with E-state index in [-0.39, 0.29) is 34.6 Å². The van der Waals surface area contributed by atoms with Crippen molar-refractivity contribution in [2.24, 2.45) is 11.3 Å². The van der Waals surface area contributed by atoms with E-state index in [1.54, 1.807) is 0 Å². The molecule has 38 heavy (non-hydrogen) atoms. The Bertz CT molecular complexity index is 1200. The number of piperidine rings is 2. The summed E-state index contributed by atoms with van der Waals surface area (Å²) < 4.78 is 26.2. The number of nitrogens with one attached hydrogen (secondary N) is 1. The number of nitrogens with zero attached hydrogens (tertiary/aromatic N) is 3. The number of carbonyl (C=O) groups is 4. The number of hydrogen-bond acceptors (Lipinski definition) is 7. The maximum atomic E-state index is 15.2. The van der Waals surface area contributed by atoms with Crippen LogP contribution >= 0.6 is 0 Å². The Labute approximate surface area is 224 Å². The van der Waals surface area contributed by atoms with E-state index in [4.69, 9.17) is 0 Å². The fourth-order valence-corrected chi connectivity index (χ4v) is 7.40. The molecule has 4 heterocycles. The summed E-state index contributed by atoms with van der Waals surface area (Å²) in [6, 6.07) is 1.51. The van der Waals surface area contributed by atoms with Crippen molar-refractivity contribution in [3.05, 3.63) is 29.1 Å². The minimum absolute atomic E-state index is 0.0328. The van der Waals surface area contributed by atoms with E-state index in [9.17, 15) is 23.4 Å². The van der Waals surface area contributed by atoms with Crippen molar-refractivity contribution in [1.82, 2.24) is 15.1 Å². The average molecular weight is 544 g/mol. The Morgan fingerprint density at radius 1 is 0.947 bits per heavy atom. The van der Waals surface area contributed by atoms with Crippen molar-refractivity contribution in [2.45, 2.75) is 62.7 Å². The molecule has 4 amide bonds. The maximum Gasteiger partial charge on any atom is 0.462 e. The molecule has 1 spiro atoms. The molecule has 1 aromatic rings. The summed E-state index contributed by atoms with van der Waals surface area (Å²) in [6.07, 6.45) is 6.53. The van der Waals surface area contributed by atoms with E-state index in [2.05, 4.69) is 10.2 Å². The number of hydrogen-bond donors (Lipinski definition) is 1. The molecule has 4 aliphatic heterocycles. The lowest BCUT2D eigenvalue weighted by molar-refractivity contribution is -0.136. The van der Waals surface area contributed by atoms with Crippen LogP contribution in [-0.2, 0) is 25.5 Å². The monoisotopic (exact) mass is 543 g/mol. The molecule has 5 aliphatic rings. The van der Waals surface area contributed by atoms with Gasteiger partial charge in [-0.2, -0.15) is 0 Å². The van der Waals surface area contributed by atoms with Gasteiger partial charge >= 0.3 is 11.7 Å². The van der Waals surface area contributed by atoms with Crippen molar-refractivity contribution in [2.75, 3.05) is 37.6 Å². The van der Waals surface area contributed by atoms with Gasteiger partial charge in [0, 0.05) is 61.6 Å². The van der Waals surface area contributed by atoms with Crippen LogP contribution in [0.5, 0.6) is 0 Å². The first-order valence-corrected chi connectivity index (χ1v) is 14.4. The zero-order valence-electron chi connectivity index (χ0n) is 21.2. The SMILES string of the molecule is O=[S+]C1CCN(CC2CCC3(CC2)CN(c2cc4c(cc2F)C(=O)N(C2CCC(=O)NC2=O)C4=O)C3)CC1. The minimum atomic E-state index is -1.06. The molecule has 1 atom stereocenters. The number of anilines is 1. The second-order valence-corrected chi connectivity index (χ2v) is 12.6. The van der Waals surface area contributed by atoms with Crippen molar-refractivity contribution in [3.63, 3.8) is 0 Å². The third kappa shape index (κ3) is 4.43. The third-order valence-electron chi connectivity index (χ3n) is 9.25. The lowest BCUT2D eigenvalue weighted by Gasteiger charge is -2.55. The molecular formula is C27H32FN4O5S+. The van der Waals surface area contributed by atoms with Crippen molar-refractivity contribution in [3.8, 4) is 0 Å². The minimum Gasteiger partial charge on any atom is -0.368 e. The quantitative estimate of drug-likeness (QED) is 0.448. The first-order valence-electron chi connectivity index (χ1n) is 13.6. The van der Waals surface area contributed by atoms with Gasteiger partial charge in [-0.15, -0.1) is 0 Å². The normalized spacial score (nSPS) is 26.5. The maximum absolute atomic E-state index is 15.2. The van der Waals surface area contributed by atoms with Gasteiger partial charge in [-0.05, 0) is 50.2 Å². The molecule has 3 saturated heterocycles. The van der Waals surface area contributed by atoms with Crippen LogP contribution in [0.1, 0.15) is 72.1 Å². The van der Waals surface area contributed by atoms with Gasteiger partial charge in [0.1, 0.15) is 11.9 Å². The van der Waals surface area contributed by atoms with Crippen molar-refractivity contribution < 1.29 is 27.8 Å². The molecular weight excluding hydrogens is 511 g/mol. The number of likely N-dealkylation sites (tertiary alicyclic amines) is 1. The summed E-state index contributed by atoms with van der Waals surface area (Å²) in [5, 5.41) is 2.43. The molecule has 202 valence electrons. The summed E-state index contributed by atoms with van der Waals surface area (Å²) in [5.41, 5.74) is 0.559. The van der Waals surface area contributed by atoms with E-state index in [0.717, 1.165) is 93.9 Å². The van der Waals surface area contributed by atoms with Gasteiger partial charge in [0.2, 0.25) is 17.1 Å². The molecule has 1 unspecified atom stereocenters. The highest BCUT2D eigenvalue weighted by Crippen LogP contribution is 2.48. The Balaban J connectivity index is 1.07. The van der Waals surface area contributed by atoms with Gasteiger partial charge in [0.15, 0.2) is 0 Å². The van der Waals surface area contributed by atoms with Crippen LogP contribution in [-0.4, -0.2) is 77.4 Å². The average Bonchev–Trinajstić information content (AvgIpc) is 3.12. The van der Waals surface area contributed by atoms with Gasteiger partial charge in [-0.3, -0.25) is 29.4 Å². The van der Waals surface area contributed by atoms with Crippen molar-refractivity contribution >= 4 is 41.0 Å². The summed E-state index contributed by atoms with van der Waals surface area (Å²) in [7, 11) is 0. The predicted molar refractivity (Wildman–Crippen MR) is 137 cm³/mol. The second-order valence-electron chi connectivity index (χ2n) is 11.7. The van der Waals surface area contributed by atoms with Gasteiger partial charge < -0.3 is 9.80 Å². The van der Waals surface area contributed by atoms with Gasteiger partial charge in [0.25, 0.3) is 11.8 Å². The second kappa shape index (κ2) is 9.75. The lowest BCUT2D eigenvalue weighted by atomic mass is 9.65. The molecule has 0 radical (unpaired) electrons. The van der Waals surface area contributed by atoms with Crippen LogP contribution in [0, 0.1) is 17.2 Å². The van der Waals surface area contributed by atoms with Crippen LogP contribution in [0.15, 0.2) is 12.1 Å². The van der Waals surface area contributed by atoms with Crippen LogP contribution in [0.2, 0.25) is 0 Å².